The van der Waals surface area contributed by atoms with Gasteiger partial charge in [0.1, 0.15) is 16.6 Å². The predicted octanol–water partition coefficient (Wildman–Crippen LogP) is 5.44. The molecule has 0 saturated heterocycles. The van der Waals surface area contributed by atoms with E-state index in [9.17, 15) is 18.0 Å². The Morgan fingerprint density at radius 3 is 2.48 bits per heavy atom. The maximum atomic E-state index is 13.9. The highest BCUT2D eigenvalue weighted by molar-refractivity contribution is 6.36. The second kappa shape index (κ2) is 8.97. The third kappa shape index (κ3) is 4.78. The van der Waals surface area contributed by atoms with E-state index in [0.29, 0.717) is 11.3 Å². The highest BCUT2D eigenvalue weighted by Gasteiger charge is 2.47. The maximum absolute atomic E-state index is 13.9. The third-order valence-electron chi connectivity index (χ3n) is 5.60. The summed E-state index contributed by atoms with van der Waals surface area (Å²) in [5.41, 5.74) is 2.23. The number of aromatic nitrogens is 2. The van der Waals surface area contributed by atoms with Gasteiger partial charge in [0, 0.05) is 13.0 Å². The van der Waals surface area contributed by atoms with E-state index in [0.717, 1.165) is 15.8 Å². The quantitative estimate of drug-likeness (QED) is 0.512. The van der Waals surface area contributed by atoms with Crippen molar-refractivity contribution in [1.82, 2.24) is 15.1 Å². The molecule has 174 valence electrons. The van der Waals surface area contributed by atoms with Gasteiger partial charge in [-0.25, -0.2) is 4.68 Å². The molecule has 2 heterocycles. The Bertz CT molecular complexity index is 1140. The van der Waals surface area contributed by atoms with Crippen molar-refractivity contribution in [2.75, 3.05) is 12.4 Å². The van der Waals surface area contributed by atoms with Crippen molar-refractivity contribution < 1.29 is 22.7 Å². The SMILES string of the molecule is COc1ccc(CNC(=O)c2nn3c(c2Cl)N[C@H](c2ccc(C)cc2)C[C@@H]3C(F)(F)F)cc1. The Hall–Kier alpha value is -3.20. The molecule has 33 heavy (non-hydrogen) atoms. The lowest BCUT2D eigenvalue weighted by Crippen LogP contribution is -2.35. The van der Waals surface area contributed by atoms with Gasteiger partial charge in [0.05, 0.1) is 13.2 Å². The van der Waals surface area contributed by atoms with Crippen LogP contribution in [-0.2, 0) is 6.54 Å². The molecule has 1 aromatic heterocycles. The van der Waals surface area contributed by atoms with Crippen molar-refractivity contribution in [2.45, 2.75) is 38.1 Å². The van der Waals surface area contributed by atoms with E-state index in [1.807, 2.05) is 19.1 Å². The second-order valence-corrected chi connectivity index (χ2v) is 8.27. The number of ether oxygens (including phenoxy) is 1. The maximum Gasteiger partial charge on any atom is 0.410 e. The Balaban J connectivity index is 1.59. The number of fused-ring (bicyclic) bond motifs is 1. The molecule has 0 bridgehead atoms. The Labute approximate surface area is 193 Å². The summed E-state index contributed by atoms with van der Waals surface area (Å²) in [5, 5.41) is 9.50. The Kier molecular flexibility index (Phi) is 6.25. The number of hydrogen-bond donors (Lipinski definition) is 2. The van der Waals surface area contributed by atoms with Gasteiger partial charge in [0.2, 0.25) is 0 Å². The van der Waals surface area contributed by atoms with Crippen molar-refractivity contribution in [3.8, 4) is 5.75 Å². The number of methoxy groups -OCH3 is 1. The largest absolute Gasteiger partial charge is 0.497 e. The summed E-state index contributed by atoms with van der Waals surface area (Å²) in [4.78, 5) is 12.7. The van der Waals surface area contributed by atoms with Gasteiger partial charge in [-0.05, 0) is 30.2 Å². The lowest BCUT2D eigenvalue weighted by atomic mass is 9.96. The summed E-state index contributed by atoms with van der Waals surface area (Å²) >= 11 is 6.36. The molecule has 2 atom stereocenters. The average molecular weight is 479 g/mol. The number of carbonyl (C=O) groups is 1. The molecule has 0 spiro atoms. The van der Waals surface area contributed by atoms with Crippen LogP contribution in [0.25, 0.3) is 0 Å². The predicted molar refractivity (Wildman–Crippen MR) is 119 cm³/mol. The molecule has 0 radical (unpaired) electrons. The van der Waals surface area contributed by atoms with Crippen LogP contribution in [0.2, 0.25) is 5.02 Å². The van der Waals surface area contributed by atoms with Crippen LogP contribution in [0.5, 0.6) is 5.75 Å². The molecule has 0 saturated carbocycles. The second-order valence-electron chi connectivity index (χ2n) is 7.89. The minimum atomic E-state index is -4.56. The number of alkyl halides is 3. The van der Waals surface area contributed by atoms with Gasteiger partial charge in [-0.15, -0.1) is 0 Å². The van der Waals surface area contributed by atoms with E-state index in [1.165, 1.54) is 0 Å². The number of aryl methyl sites for hydroxylation is 1. The number of nitrogens with zero attached hydrogens (tertiary/aromatic N) is 2. The van der Waals surface area contributed by atoms with Crippen molar-refractivity contribution >= 4 is 23.3 Å². The number of anilines is 1. The zero-order valence-electron chi connectivity index (χ0n) is 17.9. The molecule has 6 nitrogen and oxygen atoms in total. The molecule has 1 amide bonds. The fourth-order valence-corrected chi connectivity index (χ4v) is 4.03. The number of nitrogens with one attached hydrogen (secondary N) is 2. The van der Waals surface area contributed by atoms with E-state index in [-0.39, 0.29) is 29.5 Å². The van der Waals surface area contributed by atoms with E-state index >= 15 is 0 Å². The number of halogens is 4. The number of benzene rings is 2. The number of amides is 1. The van der Waals surface area contributed by atoms with E-state index in [4.69, 9.17) is 16.3 Å². The molecule has 1 aliphatic rings. The monoisotopic (exact) mass is 478 g/mol. The van der Waals surface area contributed by atoms with Crippen LogP contribution in [-0.4, -0.2) is 29.0 Å². The first-order chi connectivity index (χ1) is 15.7. The first-order valence-electron chi connectivity index (χ1n) is 10.3. The van der Waals surface area contributed by atoms with Gasteiger partial charge < -0.3 is 15.4 Å². The molecular weight excluding hydrogens is 457 g/mol. The van der Waals surface area contributed by atoms with Crippen molar-refractivity contribution in [1.29, 1.82) is 0 Å². The standard InChI is InChI=1S/C23H22ClF3N4O2/c1-13-3-7-15(8-4-13)17-11-18(23(25,26)27)31-21(29-17)19(24)20(30-31)22(32)28-12-14-5-9-16(33-2)10-6-14/h3-10,17-18,29H,11-12H2,1-2H3,(H,28,32)/t17-,18+/m0/s1. The summed E-state index contributed by atoms with van der Waals surface area (Å²) < 4.78 is 47.6. The summed E-state index contributed by atoms with van der Waals surface area (Å²) in [6.07, 6.45) is -4.84. The van der Waals surface area contributed by atoms with Gasteiger partial charge >= 0.3 is 6.18 Å². The Morgan fingerprint density at radius 2 is 1.88 bits per heavy atom. The smallest absolute Gasteiger partial charge is 0.410 e. The molecule has 1 aliphatic heterocycles. The van der Waals surface area contributed by atoms with Crippen LogP contribution < -0.4 is 15.4 Å². The number of carbonyl (C=O) groups excluding carboxylic acids is 1. The van der Waals surface area contributed by atoms with Gasteiger partial charge in [0.15, 0.2) is 11.7 Å². The van der Waals surface area contributed by atoms with Crippen LogP contribution in [0.4, 0.5) is 19.0 Å². The molecule has 10 heteroatoms. The van der Waals surface area contributed by atoms with Crippen LogP contribution in [0.15, 0.2) is 48.5 Å². The molecule has 4 rings (SSSR count). The molecule has 2 aromatic carbocycles. The molecule has 2 N–H and O–H groups in total. The van der Waals surface area contributed by atoms with Crippen molar-refractivity contribution in [3.63, 3.8) is 0 Å². The molecule has 0 unspecified atom stereocenters. The van der Waals surface area contributed by atoms with Crippen molar-refractivity contribution in [2.24, 2.45) is 0 Å². The first kappa shape index (κ1) is 23.0. The van der Waals surface area contributed by atoms with Crippen LogP contribution in [0.1, 0.15) is 45.7 Å². The van der Waals surface area contributed by atoms with Crippen LogP contribution >= 0.6 is 11.6 Å². The topological polar surface area (TPSA) is 68.2 Å². The van der Waals surface area contributed by atoms with Crippen LogP contribution in [0, 0.1) is 6.92 Å². The summed E-state index contributed by atoms with van der Waals surface area (Å²) in [6.45, 7) is 2.06. The molecule has 3 aromatic rings. The van der Waals surface area contributed by atoms with E-state index in [1.54, 1.807) is 43.5 Å². The van der Waals surface area contributed by atoms with Gasteiger partial charge in [-0.2, -0.15) is 18.3 Å². The zero-order valence-corrected chi connectivity index (χ0v) is 18.7. The normalized spacial score (nSPS) is 17.8. The average Bonchev–Trinajstić information content (AvgIpc) is 3.13. The third-order valence-corrected chi connectivity index (χ3v) is 5.96. The first-order valence-corrected chi connectivity index (χ1v) is 10.6. The van der Waals surface area contributed by atoms with Gasteiger partial charge in [0.25, 0.3) is 5.91 Å². The zero-order chi connectivity index (χ0) is 23.8. The highest BCUT2D eigenvalue weighted by atomic mass is 35.5. The van der Waals surface area contributed by atoms with Gasteiger partial charge in [-0.3, -0.25) is 4.79 Å². The lowest BCUT2D eigenvalue weighted by Gasteiger charge is -2.33. The van der Waals surface area contributed by atoms with Crippen molar-refractivity contribution in [3.05, 3.63) is 75.9 Å². The summed E-state index contributed by atoms with van der Waals surface area (Å²) in [7, 11) is 1.55. The Morgan fingerprint density at radius 1 is 1.21 bits per heavy atom. The number of rotatable bonds is 5. The molecular formula is C23H22ClF3N4O2. The molecule has 0 aliphatic carbocycles. The lowest BCUT2D eigenvalue weighted by molar-refractivity contribution is -0.173. The summed E-state index contributed by atoms with van der Waals surface area (Å²) in [5.74, 6) is -0.0139. The minimum absolute atomic E-state index is 0.0228. The number of hydrogen-bond acceptors (Lipinski definition) is 4. The van der Waals surface area contributed by atoms with E-state index in [2.05, 4.69) is 15.7 Å². The minimum Gasteiger partial charge on any atom is -0.497 e. The highest BCUT2D eigenvalue weighted by Crippen LogP contribution is 2.46. The fraction of sp³-hybridized carbons (Fsp3) is 0.304. The van der Waals surface area contributed by atoms with Crippen LogP contribution in [0.3, 0.4) is 0 Å². The molecule has 0 fully saturated rings. The van der Waals surface area contributed by atoms with E-state index < -0.39 is 24.2 Å². The van der Waals surface area contributed by atoms with Gasteiger partial charge in [-0.1, -0.05) is 53.6 Å². The fourth-order valence-electron chi connectivity index (χ4n) is 3.76. The summed E-state index contributed by atoms with van der Waals surface area (Å²) in [6, 6.07) is 11.7.